The van der Waals surface area contributed by atoms with Crippen molar-refractivity contribution in [1.82, 2.24) is 20.9 Å². The van der Waals surface area contributed by atoms with Crippen LogP contribution in [-0.4, -0.2) is 181 Å². The molecule has 5 aliphatic heterocycles. The Morgan fingerprint density at radius 3 is 1.55 bits per heavy atom. The molecule has 6 fully saturated rings. The molecule has 4 amide bonds. The average Bonchev–Trinajstić information content (AvgIpc) is 1.67. The summed E-state index contributed by atoms with van der Waals surface area (Å²) in [6.45, 7) is 11.1. The van der Waals surface area contributed by atoms with Crippen molar-refractivity contribution in [2.45, 2.75) is 208 Å². The van der Waals surface area contributed by atoms with Crippen LogP contribution in [0.25, 0.3) is 0 Å². The number of aliphatic hydroxyl groups is 1. The first-order valence-corrected chi connectivity index (χ1v) is 42.9. The highest BCUT2D eigenvalue weighted by atomic mass is 28.4. The van der Waals surface area contributed by atoms with Crippen molar-refractivity contribution in [3.8, 4) is 0 Å². The Bertz CT molecular complexity index is 3980. The summed E-state index contributed by atoms with van der Waals surface area (Å²) in [5.41, 5.74) is 2.21. The van der Waals surface area contributed by atoms with E-state index in [-0.39, 0.29) is 65.4 Å². The van der Waals surface area contributed by atoms with E-state index >= 15 is 0 Å². The molecular formula is C86H106N4O19Si2. The van der Waals surface area contributed by atoms with Gasteiger partial charge in [-0.1, -0.05) is 247 Å². The van der Waals surface area contributed by atoms with Crippen LogP contribution in [0.2, 0.25) is 10.1 Å². The number of hydrogen-bond donors (Lipinski definition) is 5. The van der Waals surface area contributed by atoms with Gasteiger partial charge in [0.1, 0.15) is 44.2 Å². The Morgan fingerprint density at radius 1 is 0.559 bits per heavy atom. The molecular weight excluding hydrogens is 1450 g/mol. The largest absolute Gasteiger partial charge is 0.445 e. The van der Waals surface area contributed by atoms with Gasteiger partial charge in [-0.25, -0.2) is 19.2 Å². The standard InChI is InChI=1S/C86H106N4O19Si2/c1-85(2,3)111(64-41-23-11-24-42-64,65-43-25-12-26-44-65)103-58-72-75(91)66(53-86(4,5)110(96,62-37-19-9-20-38-62)63-39-21-10-22-40-63)79(106-72)108-78-76(67(51-68-77(78)109-83(94)88-68)87-81(92)100-55-59-31-13-6-14-32-59)107-80-69(89-82(93)101-56-60-33-15-7-16-34-60)52-70(104-74-46-28-30-49-98-74)71(105-80)54-90(47-50-99-73-45-27-29-48-97-73)84(95)102-57-61-35-17-8-18-36-61/h6-26,31-44,66-80,91,96H,27-30,45-58H2,1-5H3,(H,87,92)(H,88,94)(H,89,93)/t66-,67+,68-,69-,70+,71-,72-,73?,74?,75+,76-,77+,78+,79+,80-/m1/s1. The number of amides is 4. The third kappa shape index (κ3) is 19.8. The lowest BCUT2D eigenvalue weighted by atomic mass is 9.83. The minimum Gasteiger partial charge on any atom is -0.445 e. The molecule has 5 heterocycles. The first-order valence-electron chi connectivity index (χ1n) is 39.1. The number of ether oxygens (including phenoxy) is 12. The number of fused-ring (bicyclic) bond motifs is 1. The summed E-state index contributed by atoms with van der Waals surface area (Å²) in [7, 11) is -7.23. The fourth-order valence-corrected chi connectivity index (χ4v) is 24.9. The monoisotopic (exact) mass is 1550 g/mol. The molecule has 1 saturated carbocycles. The number of carbonyl (C=O) groups excluding carboxylic acids is 4. The van der Waals surface area contributed by atoms with E-state index in [2.05, 4.69) is 61.0 Å². The minimum atomic E-state index is -3.89. The fourth-order valence-electron chi connectivity index (χ4n) is 16.5. The molecule has 15 atom stereocenters. The number of rotatable bonds is 30. The van der Waals surface area contributed by atoms with Gasteiger partial charge in [-0.2, -0.15) is 0 Å². The van der Waals surface area contributed by atoms with Crippen molar-refractivity contribution in [1.29, 1.82) is 0 Å². The Kier molecular flexibility index (Phi) is 27.3. The van der Waals surface area contributed by atoms with E-state index in [1.165, 1.54) is 4.90 Å². The van der Waals surface area contributed by atoms with Crippen LogP contribution in [-0.2, 0) is 81.1 Å². The molecule has 7 aromatic rings. The van der Waals surface area contributed by atoms with Gasteiger partial charge in [-0.3, -0.25) is 0 Å². The van der Waals surface area contributed by atoms with Gasteiger partial charge >= 0.3 is 24.4 Å². The van der Waals surface area contributed by atoms with E-state index < -0.39 is 143 Å². The van der Waals surface area contributed by atoms with Crippen molar-refractivity contribution in [2.24, 2.45) is 5.92 Å². The molecule has 0 radical (unpaired) electrons. The van der Waals surface area contributed by atoms with Gasteiger partial charge in [0.15, 0.2) is 31.3 Å². The van der Waals surface area contributed by atoms with Crippen LogP contribution < -0.4 is 36.7 Å². The van der Waals surface area contributed by atoms with Crippen LogP contribution in [0, 0.1) is 5.92 Å². The highest BCUT2D eigenvalue weighted by Crippen LogP contribution is 2.48. The first-order chi connectivity index (χ1) is 53.8. The number of benzene rings is 7. The zero-order valence-corrected chi connectivity index (χ0v) is 65.9. The molecule has 7 aromatic carbocycles. The third-order valence-corrected chi connectivity index (χ3v) is 31.8. The lowest BCUT2D eigenvalue weighted by Crippen LogP contribution is -2.67. The van der Waals surface area contributed by atoms with Crippen molar-refractivity contribution in [3.63, 3.8) is 0 Å². The molecule has 0 spiro atoms. The number of nitrogens with one attached hydrogen (secondary N) is 3. The fraction of sp³-hybridized carbons (Fsp3) is 0.465. The molecule has 5 N–H and O–H groups in total. The second-order valence-electron chi connectivity index (χ2n) is 31.3. The quantitative estimate of drug-likeness (QED) is 0.0207. The molecule has 1 aliphatic carbocycles. The summed E-state index contributed by atoms with van der Waals surface area (Å²) in [5.74, 6) is -0.974. The van der Waals surface area contributed by atoms with Crippen LogP contribution in [0.4, 0.5) is 19.2 Å². The lowest BCUT2D eigenvalue weighted by molar-refractivity contribution is -0.309. The summed E-state index contributed by atoms with van der Waals surface area (Å²) in [6, 6.07) is 64.2. The van der Waals surface area contributed by atoms with E-state index in [0.29, 0.717) is 31.6 Å². The van der Waals surface area contributed by atoms with Crippen molar-refractivity contribution < 1.29 is 90.3 Å². The minimum absolute atomic E-state index is 0.0163. The van der Waals surface area contributed by atoms with Crippen LogP contribution in [0.15, 0.2) is 212 Å². The molecule has 6 aliphatic rings. The van der Waals surface area contributed by atoms with Crippen molar-refractivity contribution >= 4 is 61.8 Å². The van der Waals surface area contributed by atoms with Crippen LogP contribution in [0.1, 0.15) is 109 Å². The van der Waals surface area contributed by atoms with E-state index in [0.717, 1.165) is 57.6 Å². The smallest absolute Gasteiger partial charge is 0.410 e. The van der Waals surface area contributed by atoms with Gasteiger partial charge in [0, 0.05) is 32.1 Å². The predicted molar refractivity (Wildman–Crippen MR) is 419 cm³/mol. The molecule has 0 bridgehead atoms. The molecule has 2 unspecified atom stereocenters. The number of nitrogens with zero attached hydrogens (tertiary/aromatic N) is 1. The summed E-state index contributed by atoms with van der Waals surface area (Å²) in [6.07, 6.45) is -10.9. The number of carbonyl (C=O) groups is 4. The molecule has 592 valence electrons. The van der Waals surface area contributed by atoms with Crippen molar-refractivity contribution in [3.05, 3.63) is 229 Å². The molecule has 5 saturated heterocycles. The first kappa shape index (κ1) is 80.7. The summed E-state index contributed by atoms with van der Waals surface area (Å²) in [5, 5.41) is 24.7. The number of hydrogen-bond acceptors (Lipinski definition) is 19. The van der Waals surface area contributed by atoms with Crippen LogP contribution in [0.3, 0.4) is 0 Å². The second-order valence-corrected chi connectivity index (χ2v) is 39.5. The van der Waals surface area contributed by atoms with Crippen LogP contribution in [0.5, 0.6) is 0 Å². The highest BCUT2D eigenvalue weighted by Gasteiger charge is 2.61. The lowest BCUT2D eigenvalue weighted by Gasteiger charge is -2.48. The van der Waals surface area contributed by atoms with Gasteiger partial charge in [0.2, 0.25) is 0 Å². The zero-order valence-electron chi connectivity index (χ0n) is 63.9. The van der Waals surface area contributed by atoms with Gasteiger partial charge in [-0.05, 0) is 98.9 Å². The zero-order chi connectivity index (χ0) is 77.4. The normalized spacial score (nSPS) is 26.3. The van der Waals surface area contributed by atoms with Gasteiger partial charge < -0.3 is 92.0 Å². The topological polar surface area (TPSA) is 268 Å². The van der Waals surface area contributed by atoms with E-state index in [4.69, 9.17) is 61.3 Å². The predicted octanol–water partition coefficient (Wildman–Crippen LogP) is 10.6. The Hall–Kier alpha value is -8.39. The maximum absolute atomic E-state index is 14.8. The molecule has 13 rings (SSSR count). The molecule has 23 nitrogen and oxygen atoms in total. The van der Waals surface area contributed by atoms with Gasteiger partial charge in [0.25, 0.3) is 16.6 Å². The van der Waals surface area contributed by atoms with E-state index in [1.54, 1.807) is 0 Å². The average molecular weight is 1560 g/mol. The van der Waals surface area contributed by atoms with E-state index in [9.17, 15) is 29.1 Å². The SMILES string of the molecule is CC(C)(C[C@H]1[C@H](O[C@@H]2[C@H]3OC(=O)N[C@@H]3C[C@H](NC(=O)OCc3ccccc3)[C@H]2O[C@H]2O[C@H](CN(CCOC3CCCCO3)C(=O)OCc3ccccc3)[C@@H](OC3CCCCO3)C[C@H]2NC(=O)OCc2ccccc2)O[C@H](CO[Si](c2ccccc2)(c2ccccc2)C(C)(C)C)[C@H]1O)[Si](O)(c1ccccc1)c1ccccc1. The number of aliphatic hydroxyl groups excluding tert-OH is 1. The van der Waals surface area contributed by atoms with Gasteiger partial charge in [0.05, 0.1) is 50.1 Å². The van der Waals surface area contributed by atoms with Gasteiger partial charge in [-0.15, -0.1) is 0 Å². The van der Waals surface area contributed by atoms with Crippen LogP contribution >= 0.6 is 0 Å². The molecule has 0 aromatic heterocycles. The highest BCUT2D eigenvalue weighted by molar-refractivity contribution is 6.99. The maximum Gasteiger partial charge on any atom is 0.410 e. The summed E-state index contributed by atoms with van der Waals surface area (Å²) >= 11 is 0. The molecule has 25 heteroatoms. The Balaban J connectivity index is 0.907. The maximum atomic E-state index is 14.8. The Labute approximate surface area is 652 Å². The van der Waals surface area contributed by atoms with Crippen molar-refractivity contribution in [2.75, 3.05) is 39.5 Å². The van der Waals surface area contributed by atoms with E-state index in [1.807, 2.05) is 202 Å². The second kappa shape index (κ2) is 37.5. The Morgan fingerprint density at radius 2 is 1.04 bits per heavy atom. The summed E-state index contributed by atoms with van der Waals surface area (Å²) < 4.78 is 87.3. The molecule has 111 heavy (non-hydrogen) atoms. The third-order valence-electron chi connectivity index (χ3n) is 22.2. The number of alkyl carbamates (subject to hydrolysis) is 3. The summed E-state index contributed by atoms with van der Waals surface area (Å²) in [4.78, 5) is 73.8.